The molecule has 0 fully saturated rings. The number of hydrogen-bond donors (Lipinski definition) is 2. The van der Waals surface area contributed by atoms with Crippen molar-refractivity contribution in [2.75, 3.05) is 13.1 Å². The highest BCUT2D eigenvalue weighted by Crippen LogP contribution is 2.15. The molecule has 20 heavy (non-hydrogen) atoms. The number of carbonyl (C=O) groups is 1. The average molecular weight is 298 g/mol. The van der Waals surface area contributed by atoms with Crippen molar-refractivity contribution in [3.63, 3.8) is 0 Å². The Morgan fingerprint density at radius 2 is 1.95 bits per heavy atom. The van der Waals surface area contributed by atoms with Crippen LogP contribution in [0.15, 0.2) is 5.38 Å². The maximum Gasteiger partial charge on any atom is 0.270 e. The van der Waals surface area contributed by atoms with Gasteiger partial charge in [-0.2, -0.15) is 0 Å². The summed E-state index contributed by atoms with van der Waals surface area (Å²) in [6.07, 6.45) is 0. The number of hydrogen-bond acceptors (Lipinski definition) is 5. The fourth-order valence-corrected chi connectivity index (χ4v) is 2.86. The molecule has 6 heteroatoms. The first-order valence-corrected chi connectivity index (χ1v) is 7.95. The summed E-state index contributed by atoms with van der Waals surface area (Å²) in [5.74, 6) is -0.124. The van der Waals surface area contributed by atoms with E-state index in [1.54, 1.807) is 5.38 Å². The summed E-state index contributed by atoms with van der Waals surface area (Å²) in [4.78, 5) is 18.6. The zero-order chi connectivity index (χ0) is 15.3. The van der Waals surface area contributed by atoms with Crippen molar-refractivity contribution >= 4 is 17.2 Å². The van der Waals surface area contributed by atoms with Crippen LogP contribution in [0.5, 0.6) is 0 Å². The first kappa shape index (κ1) is 17.1. The van der Waals surface area contributed by atoms with Crippen LogP contribution in [-0.4, -0.2) is 41.0 Å². The van der Waals surface area contributed by atoms with Gasteiger partial charge in [-0.05, 0) is 34.6 Å². The van der Waals surface area contributed by atoms with Gasteiger partial charge in [-0.25, -0.2) is 4.98 Å². The van der Waals surface area contributed by atoms with Gasteiger partial charge in [-0.3, -0.25) is 9.69 Å². The molecule has 0 bridgehead atoms. The van der Waals surface area contributed by atoms with Gasteiger partial charge in [0, 0.05) is 30.6 Å². The zero-order valence-corrected chi connectivity index (χ0v) is 13.8. The summed E-state index contributed by atoms with van der Waals surface area (Å²) in [6, 6.07) is 0.811. The Hall–Kier alpha value is -0.980. The van der Waals surface area contributed by atoms with Crippen molar-refractivity contribution in [3.05, 3.63) is 16.1 Å². The van der Waals surface area contributed by atoms with Crippen molar-refractivity contribution in [1.82, 2.24) is 15.2 Å². The molecule has 1 unspecified atom stereocenters. The summed E-state index contributed by atoms with van der Waals surface area (Å²) < 4.78 is 0. The molecule has 0 aliphatic rings. The van der Waals surface area contributed by atoms with Gasteiger partial charge < -0.3 is 11.1 Å². The SMILES string of the molecule is CC(N)c1nc(C(=O)NCCN(C(C)C)C(C)C)cs1. The van der Waals surface area contributed by atoms with Crippen molar-refractivity contribution < 1.29 is 4.79 Å². The first-order chi connectivity index (χ1) is 9.32. The standard InChI is InChI=1S/C14H26N4OS/c1-9(2)18(10(3)4)7-6-16-13(19)12-8-20-14(17-12)11(5)15/h8-11H,6-7,15H2,1-5H3,(H,16,19). The highest BCUT2D eigenvalue weighted by Gasteiger charge is 2.15. The van der Waals surface area contributed by atoms with Crippen LogP contribution >= 0.6 is 11.3 Å². The molecule has 1 rings (SSSR count). The van der Waals surface area contributed by atoms with Crippen LogP contribution in [0.3, 0.4) is 0 Å². The normalized spacial score (nSPS) is 13.2. The lowest BCUT2D eigenvalue weighted by atomic mass is 10.2. The highest BCUT2D eigenvalue weighted by atomic mass is 32.1. The van der Waals surface area contributed by atoms with E-state index in [4.69, 9.17) is 5.73 Å². The second kappa shape index (κ2) is 7.71. The number of aromatic nitrogens is 1. The van der Waals surface area contributed by atoms with E-state index < -0.39 is 0 Å². The van der Waals surface area contributed by atoms with Crippen LogP contribution in [-0.2, 0) is 0 Å². The Morgan fingerprint density at radius 3 is 2.40 bits per heavy atom. The van der Waals surface area contributed by atoms with Gasteiger partial charge in [0.25, 0.3) is 5.91 Å². The van der Waals surface area contributed by atoms with E-state index in [0.29, 0.717) is 24.3 Å². The molecule has 3 N–H and O–H groups in total. The predicted octanol–water partition coefficient (Wildman–Crippen LogP) is 2.01. The fraction of sp³-hybridized carbons (Fsp3) is 0.714. The molecule has 0 saturated heterocycles. The molecule has 1 heterocycles. The van der Waals surface area contributed by atoms with Crippen molar-refractivity contribution in [2.45, 2.75) is 52.7 Å². The lowest BCUT2D eigenvalue weighted by Gasteiger charge is -2.30. The van der Waals surface area contributed by atoms with Crippen LogP contribution in [0.25, 0.3) is 0 Å². The minimum Gasteiger partial charge on any atom is -0.349 e. The number of rotatable bonds is 7. The van der Waals surface area contributed by atoms with E-state index >= 15 is 0 Å². The molecule has 0 aliphatic heterocycles. The number of nitrogens with zero attached hydrogens (tertiary/aromatic N) is 2. The third-order valence-corrected chi connectivity index (χ3v) is 4.17. The molecule has 0 aliphatic carbocycles. The molecule has 1 amide bonds. The van der Waals surface area contributed by atoms with Gasteiger partial charge >= 0.3 is 0 Å². The second-order valence-electron chi connectivity index (χ2n) is 5.54. The molecule has 0 spiro atoms. The van der Waals surface area contributed by atoms with Crippen LogP contribution in [0.1, 0.15) is 56.2 Å². The third-order valence-electron chi connectivity index (χ3n) is 3.13. The minimum absolute atomic E-state index is 0.124. The van der Waals surface area contributed by atoms with Crippen molar-refractivity contribution in [3.8, 4) is 0 Å². The Morgan fingerprint density at radius 1 is 1.35 bits per heavy atom. The van der Waals surface area contributed by atoms with Gasteiger partial charge in [0.15, 0.2) is 0 Å². The highest BCUT2D eigenvalue weighted by molar-refractivity contribution is 7.09. The van der Waals surface area contributed by atoms with Crippen LogP contribution in [0.4, 0.5) is 0 Å². The second-order valence-corrected chi connectivity index (χ2v) is 6.43. The van der Waals surface area contributed by atoms with Crippen molar-refractivity contribution in [2.24, 2.45) is 5.73 Å². The van der Waals surface area contributed by atoms with Gasteiger partial charge in [-0.15, -0.1) is 11.3 Å². The topological polar surface area (TPSA) is 71.2 Å². The molecule has 1 atom stereocenters. The van der Waals surface area contributed by atoms with Crippen LogP contribution < -0.4 is 11.1 Å². The molecular formula is C14H26N4OS. The summed E-state index contributed by atoms with van der Waals surface area (Å²) in [5, 5.41) is 5.47. The van der Waals surface area contributed by atoms with E-state index in [1.165, 1.54) is 11.3 Å². The minimum atomic E-state index is -0.126. The molecule has 0 radical (unpaired) electrons. The van der Waals surface area contributed by atoms with Gasteiger partial charge in [0.05, 0.1) is 6.04 Å². The Balaban J connectivity index is 2.46. The van der Waals surface area contributed by atoms with Crippen LogP contribution in [0.2, 0.25) is 0 Å². The number of thiazole rings is 1. The predicted molar refractivity (Wildman–Crippen MR) is 84.0 cm³/mol. The Bertz CT molecular complexity index is 421. The molecule has 5 nitrogen and oxygen atoms in total. The Kier molecular flexibility index (Phi) is 6.58. The lowest BCUT2D eigenvalue weighted by Crippen LogP contribution is -2.42. The quantitative estimate of drug-likeness (QED) is 0.808. The Labute approximate surface area is 125 Å². The molecule has 1 aromatic rings. The molecule has 114 valence electrons. The maximum absolute atomic E-state index is 12.0. The monoisotopic (exact) mass is 298 g/mol. The third kappa shape index (κ3) is 4.85. The summed E-state index contributed by atoms with van der Waals surface area (Å²) in [7, 11) is 0. The summed E-state index contributed by atoms with van der Waals surface area (Å²) in [5.41, 5.74) is 6.20. The number of carbonyl (C=O) groups excluding carboxylic acids is 1. The molecule has 1 aromatic heterocycles. The molecular weight excluding hydrogens is 272 g/mol. The van der Waals surface area contributed by atoms with E-state index in [2.05, 4.69) is 42.9 Å². The first-order valence-electron chi connectivity index (χ1n) is 7.07. The van der Waals surface area contributed by atoms with E-state index in [0.717, 1.165) is 11.6 Å². The lowest BCUT2D eigenvalue weighted by molar-refractivity contribution is 0.0935. The number of amides is 1. The van der Waals surface area contributed by atoms with Gasteiger partial charge in [0.1, 0.15) is 10.7 Å². The zero-order valence-electron chi connectivity index (χ0n) is 13.0. The van der Waals surface area contributed by atoms with E-state index in [9.17, 15) is 4.79 Å². The van der Waals surface area contributed by atoms with Gasteiger partial charge in [0.2, 0.25) is 0 Å². The number of nitrogens with two attached hydrogens (primary N) is 1. The smallest absolute Gasteiger partial charge is 0.270 e. The maximum atomic E-state index is 12.0. The van der Waals surface area contributed by atoms with Crippen molar-refractivity contribution in [1.29, 1.82) is 0 Å². The van der Waals surface area contributed by atoms with E-state index in [-0.39, 0.29) is 11.9 Å². The largest absolute Gasteiger partial charge is 0.349 e. The molecule has 0 saturated carbocycles. The average Bonchev–Trinajstić information content (AvgIpc) is 2.82. The summed E-state index contributed by atoms with van der Waals surface area (Å²) >= 11 is 1.43. The fourth-order valence-electron chi connectivity index (χ4n) is 2.10. The molecule has 0 aromatic carbocycles. The van der Waals surface area contributed by atoms with Gasteiger partial charge in [-0.1, -0.05) is 0 Å². The summed E-state index contributed by atoms with van der Waals surface area (Å²) in [6.45, 7) is 12.0. The van der Waals surface area contributed by atoms with Crippen LogP contribution in [0, 0.1) is 0 Å². The number of nitrogens with one attached hydrogen (secondary N) is 1. The van der Waals surface area contributed by atoms with E-state index in [1.807, 2.05) is 6.92 Å².